The van der Waals surface area contributed by atoms with Gasteiger partial charge in [0.1, 0.15) is 5.75 Å². The van der Waals surface area contributed by atoms with E-state index < -0.39 is 0 Å². The molecule has 1 aromatic carbocycles. The second-order valence-electron chi connectivity index (χ2n) is 6.43. The Morgan fingerprint density at radius 1 is 1.00 bits per heavy atom. The zero-order valence-electron chi connectivity index (χ0n) is 15.5. The quantitative estimate of drug-likeness (QED) is 0.653. The number of aromatic nitrogens is 3. The van der Waals surface area contributed by atoms with E-state index in [4.69, 9.17) is 4.74 Å². The molecular formula is C21H24N4O. The average Bonchev–Trinajstić information content (AvgIpc) is 2.69. The SMILES string of the molecule is COc1ccc(-c2ncc(CN(C)C(C)Cc3ccccn3)cn2)cc1. The van der Waals surface area contributed by atoms with Crippen LogP contribution in [0.15, 0.2) is 61.1 Å². The summed E-state index contributed by atoms with van der Waals surface area (Å²) < 4.78 is 5.18. The van der Waals surface area contributed by atoms with Crippen LogP contribution in [0.4, 0.5) is 0 Å². The number of pyridine rings is 1. The molecule has 0 radical (unpaired) electrons. The van der Waals surface area contributed by atoms with Gasteiger partial charge < -0.3 is 4.74 Å². The lowest BCUT2D eigenvalue weighted by Crippen LogP contribution is -2.30. The Labute approximate surface area is 154 Å². The van der Waals surface area contributed by atoms with Crippen molar-refractivity contribution in [3.63, 3.8) is 0 Å². The summed E-state index contributed by atoms with van der Waals surface area (Å²) in [4.78, 5) is 15.7. The van der Waals surface area contributed by atoms with Crippen LogP contribution < -0.4 is 4.74 Å². The molecule has 5 heteroatoms. The summed E-state index contributed by atoms with van der Waals surface area (Å²) in [7, 11) is 3.77. The maximum Gasteiger partial charge on any atom is 0.159 e. The molecule has 26 heavy (non-hydrogen) atoms. The van der Waals surface area contributed by atoms with E-state index in [1.165, 1.54) is 0 Å². The summed E-state index contributed by atoms with van der Waals surface area (Å²) in [5, 5.41) is 0. The smallest absolute Gasteiger partial charge is 0.159 e. The zero-order valence-corrected chi connectivity index (χ0v) is 15.5. The van der Waals surface area contributed by atoms with Crippen molar-refractivity contribution in [3.05, 3.63) is 72.3 Å². The van der Waals surface area contributed by atoms with Crippen molar-refractivity contribution in [2.75, 3.05) is 14.2 Å². The highest BCUT2D eigenvalue weighted by Crippen LogP contribution is 2.19. The van der Waals surface area contributed by atoms with Gasteiger partial charge in [-0.1, -0.05) is 6.07 Å². The monoisotopic (exact) mass is 348 g/mol. The summed E-state index contributed by atoms with van der Waals surface area (Å²) >= 11 is 0. The fourth-order valence-electron chi connectivity index (χ4n) is 2.75. The Bertz CT molecular complexity index is 804. The van der Waals surface area contributed by atoms with Gasteiger partial charge in [0, 0.05) is 54.4 Å². The van der Waals surface area contributed by atoms with Crippen LogP contribution in [0.3, 0.4) is 0 Å². The fraction of sp³-hybridized carbons (Fsp3) is 0.286. The predicted molar refractivity (Wildman–Crippen MR) is 103 cm³/mol. The minimum absolute atomic E-state index is 0.381. The lowest BCUT2D eigenvalue weighted by Gasteiger charge is -2.24. The maximum absolute atomic E-state index is 5.18. The number of methoxy groups -OCH3 is 1. The molecule has 0 saturated heterocycles. The van der Waals surface area contributed by atoms with Crippen molar-refractivity contribution >= 4 is 0 Å². The van der Waals surface area contributed by atoms with Gasteiger partial charge in [0.15, 0.2) is 5.82 Å². The summed E-state index contributed by atoms with van der Waals surface area (Å²) in [5.41, 5.74) is 3.19. The first-order chi connectivity index (χ1) is 12.7. The van der Waals surface area contributed by atoms with Crippen molar-refractivity contribution < 1.29 is 4.74 Å². The molecule has 0 aliphatic rings. The lowest BCUT2D eigenvalue weighted by molar-refractivity contribution is 0.246. The van der Waals surface area contributed by atoms with Crippen molar-refractivity contribution in [2.24, 2.45) is 0 Å². The molecule has 5 nitrogen and oxygen atoms in total. The Morgan fingerprint density at radius 3 is 2.35 bits per heavy atom. The summed E-state index contributed by atoms with van der Waals surface area (Å²) in [6.45, 7) is 3.01. The standard InChI is InChI=1S/C21H24N4O/c1-16(12-19-6-4-5-11-22-19)25(2)15-17-13-23-21(24-14-17)18-7-9-20(26-3)10-8-18/h4-11,13-14,16H,12,15H2,1-3H3. The molecule has 3 rings (SSSR count). The third-order valence-electron chi connectivity index (χ3n) is 4.47. The fourth-order valence-corrected chi connectivity index (χ4v) is 2.75. The van der Waals surface area contributed by atoms with E-state index in [2.05, 4.69) is 39.9 Å². The van der Waals surface area contributed by atoms with Gasteiger partial charge in [0.2, 0.25) is 0 Å². The van der Waals surface area contributed by atoms with Gasteiger partial charge in [0.05, 0.1) is 7.11 Å². The second kappa shape index (κ2) is 8.54. The van der Waals surface area contributed by atoms with Crippen LogP contribution in [0, 0.1) is 0 Å². The van der Waals surface area contributed by atoms with Crippen LogP contribution >= 0.6 is 0 Å². The van der Waals surface area contributed by atoms with E-state index in [-0.39, 0.29) is 0 Å². The first-order valence-corrected chi connectivity index (χ1v) is 8.71. The highest BCUT2D eigenvalue weighted by Gasteiger charge is 2.12. The van der Waals surface area contributed by atoms with E-state index in [0.29, 0.717) is 6.04 Å². The van der Waals surface area contributed by atoms with Crippen LogP contribution in [0.2, 0.25) is 0 Å². The first kappa shape index (κ1) is 18.0. The molecule has 1 unspecified atom stereocenters. The van der Waals surface area contributed by atoms with Crippen molar-refractivity contribution in [1.29, 1.82) is 0 Å². The minimum Gasteiger partial charge on any atom is -0.497 e. The number of nitrogens with zero attached hydrogens (tertiary/aromatic N) is 4. The number of rotatable bonds is 7. The number of likely N-dealkylation sites (N-methyl/N-ethyl adjacent to an activating group) is 1. The topological polar surface area (TPSA) is 51.1 Å². The molecule has 0 bridgehead atoms. The predicted octanol–water partition coefficient (Wildman–Crippen LogP) is 3.61. The van der Waals surface area contributed by atoms with E-state index >= 15 is 0 Å². The number of benzene rings is 1. The third-order valence-corrected chi connectivity index (χ3v) is 4.47. The van der Waals surface area contributed by atoms with Crippen LogP contribution in [-0.4, -0.2) is 40.1 Å². The molecule has 0 amide bonds. The van der Waals surface area contributed by atoms with Gasteiger partial charge >= 0.3 is 0 Å². The van der Waals surface area contributed by atoms with Gasteiger partial charge in [-0.15, -0.1) is 0 Å². The Morgan fingerprint density at radius 2 is 1.73 bits per heavy atom. The number of hydrogen-bond donors (Lipinski definition) is 0. The maximum atomic E-state index is 5.18. The first-order valence-electron chi connectivity index (χ1n) is 8.71. The number of ether oxygens (including phenoxy) is 1. The highest BCUT2D eigenvalue weighted by atomic mass is 16.5. The molecule has 0 N–H and O–H groups in total. The van der Waals surface area contributed by atoms with E-state index in [0.717, 1.165) is 41.4 Å². The van der Waals surface area contributed by atoms with E-state index in [1.807, 2.05) is 55.0 Å². The van der Waals surface area contributed by atoms with Crippen molar-refractivity contribution in [2.45, 2.75) is 25.9 Å². The molecule has 2 aromatic heterocycles. The van der Waals surface area contributed by atoms with Crippen LogP contribution in [-0.2, 0) is 13.0 Å². The third kappa shape index (κ3) is 4.64. The normalized spacial score (nSPS) is 12.2. The van der Waals surface area contributed by atoms with Gasteiger partial charge in [-0.3, -0.25) is 9.88 Å². The highest BCUT2D eigenvalue weighted by molar-refractivity contribution is 5.55. The average molecular weight is 348 g/mol. The molecule has 0 saturated carbocycles. The molecule has 3 aromatic rings. The molecule has 134 valence electrons. The molecule has 2 heterocycles. The molecule has 0 aliphatic carbocycles. The summed E-state index contributed by atoms with van der Waals surface area (Å²) in [6, 6.07) is 14.2. The largest absolute Gasteiger partial charge is 0.497 e. The molecule has 0 aliphatic heterocycles. The van der Waals surface area contributed by atoms with Crippen LogP contribution in [0.5, 0.6) is 5.75 Å². The van der Waals surface area contributed by atoms with E-state index in [9.17, 15) is 0 Å². The minimum atomic E-state index is 0.381. The van der Waals surface area contributed by atoms with Crippen LogP contribution in [0.1, 0.15) is 18.2 Å². The van der Waals surface area contributed by atoms with Gasteiger partial charge in [-0.25, -0.2) is 9.97 Å². The molecule has 0 spiro atoms. The molecule has 1 atom stereocenters. The Kier molecular flexibility index (Phi) is 5.92. The van der Waals surface area contributed by atoms with Crippen molar-refractivity contribution in [3.8, 4) is 17.1 Å². The van der Waals surface area contributed by atoms with Gasteiger partial charge in [-0.05, 0) is 50.4 Å². The summed E-state index contributed by atoms with van der Waals surface area (Å²) in [5.74, 6) is 1.55. The summed E-state index contributed by atoms with van der Waals surface area (Å²) in [6.07, 6.45) is 6.56. The van der Waals surface area contributed by atoms with Gasteiger partial charge in [-0.2, -0.15) is 0 Å². The lowest BCUT2D eigenvalue weighted by atomic mass is 10.1. The number of hydrogen-bond acceptors (Lipinski definition) is 5. The Balaban J connectivity index is 1.61. The zero-order chi connectivity index (χ0) is 18.4. The van der Waals surface area contributed by atoms with E-state index in [1.54, 1.807) is 7.11 Å². The molecular weight excluding hydrogens is 324 g/mol. The Hall–Kier alpha value is -2.79. The second-order valence-corrected chi connectivity index (χ2v) is 6.43. The van der Waals surface area contributed by atoms with Crippen LogP contribution in [0.25, 0.3) is 11.4 Å². The van der Waals surface area contributed by atoms with Crippen molar-refractivity contribution in [1.82, 2.24) is 19.9 Å². The van der Waals surface area contributed by atoms with Gasteiger partial charge in [0.25, 0.3) is 0 Å². The molecule has 0 fully saturated rings.